The van der Waals surface area contributed by atoms with Crippen molar-refractivity contribution in [3.05, 3.63) is 12.3 Å². The average Bonchev–Trinajstić information content (AvgIpc) is 1.61. The van der Waals surface area contributed by atoms with E-state index in [-0.39, 0.29) is 6.67 Å². The fourth-order valence-corrected chi connectivity index (χ4v) is 0.261. The van der Waals surface area contributed by atoms with Gasteiger partial charge >= 0.3 is 0 Å². The molecule has 0 aliphatic carbocycles. The summed E-state index contributed by atoms with van der Waals surface area (Å²) in [6, 6.07) is 0. The van der Waals surface area contributed by atoms with Crippen molar-refractivity contribution < 1.29 is 4.39 Å². The zero-order chi connectivity index (χ0) is 5.70. The lowest BCUT2D eigenvalue weighted by atomic mass is 10.5. The first kappa shape index (κ1) is 6.47. The molecule has 0 atom stereocenters. The Kier molecular flexibility index (Phi) is 3.38. The second-order valence-electron chi connectivity index (χ2n) is 1.40. The van der Waals surface area contributed by atoms with Gasteiger partial charge < -0.3 is 5.32 Å². The zero-order valence-electron chi connectivity index (χ0n) is 4.50. The highest BCUT2D eigenvalue weighted by atomic mass is 19.1. The van der Waals surface area contributed by atoms with Gasteiger partial charge in [0.2, 0.25) is 0 Å². The van der Waals surface area contributed by atoms with Crippen LogP contribution in [0, 0.1) is 0 Å². The predicted octanol–water partition coefficient (Wildman–Crippen LogP) is 1.08. The lowest BCUT2D eigenvalue weighted by Crippen LogP contribution is -2.12. The summed E-state index contributed by atoms with van der Waals surface area (Å²) in [4.78, 5) is 0. The molecular formula is C5H10FN. The lowest BCUT2D eigenvalue weighted by Gasteiger charge is -1.97. The van der Waals surface area contributed by atoms with E-state index in [0.29, 0.717) is 6.54 Å². The van der Waals surface area contributed by atoms with Crippen LogP contribution in [0.4, 0.5) is 4.39 Å². The summed E-state index contributed by atoms with van der Waals surface area (Å²) in [5.41, 5.74) is 0.817. The highest BCUT2D eigenvalue weighted by Gasteiger charge is 1.78. The summed E-state index contributed by atoms with van der Waals surface area (Å²) in [7, 11) is 0. The van der Waals surface area contributed by atoms with Gasteiger partial charge in [0.05, 0.1) is 0 Å². The predicted molar refractivity (Wildman–Crippen MR) is 28.8 cm³/mol. The Morgan fingerprint density at radius 2 is 2.43 bits per heavy atom. The minimum atomic E-state index is -0.327. The molecule has 0 aromatic carbocycles. The van der Waals surface area contributed by atoms with Gasteiger partial charge in [-0.3, -0.25) is 0 Å². The molecule has 0 radical (unpaired) electrons. The molecule has 0 rings (SSSR count). The molecule has 7 heavy (non-hydrogen) atoms. The summed E-state index contributed by atoms with van der Waals surface area (Å²) in [5.74, 6) is 0. The molecule has 0 saturated heterocycles. The summed E-state index contributed by atoms with van der Waals surface area (Å²) in [5, 5.41) is 2.73. The summed E-state index contributed by atoms with van der Waals surface area (Å²) >= 11 is 0. The lowest BCUT2D eigenvalue weighted by molar-refractivity contribution is 0.482. The monoisotopic (exact) mass is 103 g/mol. The Balaban J connectivity index is 2.82. The van der Waals surface area contributed by atoms with Gasteiger partial charge in [0, 0.05) is 12.2 Å². The van der Waals surface area contributed by atoms with Gasteiger partial charge in [-0.1, -0.05) is 6.58 Å². The third-order valence-corrected chi connectivity index (χ3v) is 0.521. The van der Waals surface area contributed by atoms with Crippen LogP contribution in [0.25, 0.3) is 0 Å². The van der Waals surface area contributed by atoms with Crippen LogP contribution in [0.15, 0.2) is 12.3 Å². The van der Waals surface area contributed by atoms with Crippen LogP contribution in [-0.4, -0.2) is 13.2 Å². The molecule has 42 valence electrons. The van der Waals surface area contributed by atoms with Crippen molar-refractivity contribution in [3.63, 3.8) is 0 Å². The molecule has 1 N–H and O–H groups in total. The standard InChI is InChI=1S/C5H10FN/c1-5(2)7-4-3-6/h7H,1,3-4H2,2H3. The fraction of sp³-hybridized carbons (Fsp3) is 0.600. The number of hydrogen-bond acceptors (Lipinski definition) is 1. The van der Waals surface area contributed by atoms with E-state index in [2.05, 4.69) is 11.9 Å². The van der Waals surface area contributed by atoms with Gasteiger partial charge in [0.15, 0.2) is 0 Å². The van der Waals surface area contributed by atoms with Gasteiger partial charge in [-0.05, 0) is 6.92 Å². The van der Waals surface area contributed by atoms with E-state index >= 15 is 0 Å². The molecule has 1 nitrogen and oxygen atoms in total. The highest BCUT2D eigenvalue weighted by Crippen LogP contribution is 1.75. The Hall–Kier alpha value is -0.530. The Morgan fingerprint density at radius 1 is 1.86 bits per heavy atom. The van der Waals surface area contributed by atoms with Crippen LogP contribution < -0.4 is 5.32 Å². The second kappa shape index (κ2) is 3.65. The first-order chi connectivity index (χ1) is 3.27. The van der Waals surface area contributed by atoms with Gasteiger partial charge in [0.25, 0.3) is 0 Å². The summed E-state index contributed by atoms with van der Waals surface area (Å²) in [6.07, 6.45) is 0. The van der Waals surface area contributed by atoms with Crippen molar-refractivity contribution in [2.24, 2.45) is 0 Å². The maximum Gasteiger partial charge on any atom is 0.107 e. The first-order valence-corrected chi connectivity index (χ1v) is 2.22. The number of nitrogens with one attached hydrogen (secondary N) is 1. The number of allylic oxidation sites excluding steroid dienone is 1. The smallest absolute Gasteiger partial charge is 0.107 e. The zero-order valence-corrected chi connectivity index (χ0v) is 4.50. The number of halogens is 1. The van der Waals surface area contributed by atoms with E-state index in [1.165, 1.54) is 0 Å². The van der Waals surface area contributed by atoms with Crippen molar-refractivity contribution in [2.45, 2.75) is 6.92 Å². The normalized spacial score (nSPS) is 8.29. The molecule has 0 aliphatic heterocycles. The van der Waals surface area contributed by atoms with Crippen molar-refractivity contribution in [2.75, 3.05) is 13.2 Å². The minimum absolute atomic E-state index is 0.327. The molecule has 0 amide bonds. The molecule has 0 unspecified atom stereocenters. The Morgan fingerprint density at radius 3 is 2.57 bits per heavy atom. The van der Waals surface area contributed by atoms with Crippen molar-refractivity contribution in [1.29, 1.82) is 0 Å². The molecule has 0 aromatic heterocycles. The van der Waals surface area contributed by atoms with E-state index in [1.54, 1.807) is 6.92 Å². The van der Waals surface area contributed by atoms with Crippen LogP contribution >= 0.6 is 0 Å². The topological polar surface area (TPSA) is 12.0 Å². The van der Waals surface area contributed by atoms with Gasteiger partial charge in [-0.2, -0.15) is 0 Å². The number of hydrogen-bond donors (Lipinski definition) is 1. The fourth-order valence-electron chi connectivity index (χ4n) is 0.261. The van der Waals surface area contributed by atoms with Crippen molar-refractivity contribution >= 4 is 0 Å². The minimum Gasteiger partial charge on any atom is -0.386 e. The molecule has 2 heteroatoms. The van der Waals surface area contributed by atoms with Crippen molar-refractivity contribution in [1.82, 2.24) is 5.32 Å². The van der Waals surface area contributed by atoms with E-state index in [4.69, 9.17) is 0 Å². The van der Waals surface area contributed by atoms with Gasteiger partial charge in [-0.15, -0.1) is 0 Å². The van der Waals surface area contributed by atoms with E-state index < -0.39 is 0 Å². The maximum atomic E-state index is 11.2. The van der Waals surface area contributed by atoms with Gasteiger partial charge in [0.1, 0.15) is 6.67 Å². The molecule has 0 aromatic rings. The molecule has 0 heterocycles. The van der Waals surface area contributed by atoms with Crippen molar-refractivity contribution in [3.8, 4) is 0 Å². The third kappa shape index (κ3) is 5.47. The molecule has 0 fully saturated rings. The van der Waals surface area contributed by atoms with Crippen LogP contribution in [-0.2, 0) is 0 Å². The van der Waals surface area contributed by atoms with E-state index in [0.717, 1.165) is 5.70 Å². The summed E-state index contributed by atoms with van der Waals surface area (Å²) in [6.45, 7) is 5.37. The SMILES string of the molecule is C=C(C)NCCF. The Labute approximate surface area is 43.2 Å². The van der Waals surface area contributed by atoms with E-state index in [9.17, 15) is 4.39 Å². The molecule has 0 bridgehead atoms. The first-order valence-electron chi connectivity index (χ1n) is 2.22. The quantitative estimate of drug-likeness (QED) is 0.563. The molecule has 0 saturated carbocycles. The molecule has 0 spiro atoms. The van der Waals surface area contributed by atoms with Crippen LogP contribution in [0.2, 0.25) is 0 Å². The van der Waals surface area contributed by atoms with Crippen LogP contribution in [0.3, 0.4) is 0 Å². The number of rotatable bonds is 3. The summed E-state index contributed by atoms with van der Waals surface area (Å²) < 4.78 is 11.2. The van der Waals surface area contributed by atoms with Crippen LogP contribution in [0.5, 0.6) is 0 Å². The highest BCUT2D eigenvalue weighted by molar-refractivity contribution is 4.83. The average molecular weight is 103 g/mol. The maximum absolute atomic E-state index is 11.2. The molecule has 0 aliphatic rings. The largest absolute Gasteiger partial charge is 0.386 e. The second-order valence-corrected chi connectivity index (χ2v) is 1.40. The molecular weight excluding hydrogens is 93.1 g/mol. The third-order valence-electron chi connectivity index (χ3n) is 0.521. The van der Waals surface area contributed by atoms with Crippen LogP contribution in [0.1, 0.15) is 6.92 Å². The van der Waals surface area contributed by atoms with Gasteiger partial charge in [-0.25, -0.2) is 4.39 Å². The Bertz CT molecular complexity index is 61.1. The van der Waals surface area contributed by atoms with E-state index in [1.807, 2.05) is 0 Å². The number of alkyl halides is 1.